The smallest absolute Gasteiger partial charge is 0.130 e. The van der Waals surface area contributed by atoms with Crippen molar-refractivity contribution in [2.75, 3.05) is 6.61 Å². The van der Waals surface area contributed by atoms with Gasteiger partial charge in [-0.25, -0.2) is 0 Å². The molecule has 2 N–H and O–H groups in total. The minimum atomic E-state index is 0.534. The minimum absolute atomic E-state index is 0.534. The van der Waals surface area contributed by atoms with E-state index in [0.717, 1.165) is 30.1 Å². The zero-order valence-electron chi connectivity index (χ0n) is 10.4. The van der Waals surface area contributed by atoms with Crippen molar-refractivity contribution in [2.24, 2.45) is 5.73 Å². The Balaban J connectivity index is 2.16. The molecule has 0 unspecified atom stereocenters. The van der Waals surface area contributed by atoms with Gasteiger partial charge in [0.05, 0.1) is 0 Å². The Bertz CT molecular complexity index is 294. The molecule has 1 aromatic rings. The van der Waals surface area contributed by atoms with Crippen molar-refractivity contribution in [1.29, 1.82) is 0 Å². The largest absolute Gasteiger partial charge is 0.464 e. The first-order chi connectivity index (χ1) is 7.77. The van der Waals surface area contributed by atoms with Crippen LogP contribution in [-0.4, -0.2) is 6.61 Å². The predicted molar refractivity (Wildman–Crippen MR) is 65.1 cm³/mol. The fraction of sp³-hybridized carbons (Fsp3) is 0.692. The summed E-state index contributed by atoms with van der Waals surface area (Å²) in [6, 6.07) is 1.99. The average Bonchev–Trinajstić information content (AvgIpc) is 2.64. The van der Waals surface area contributed by atoms with E-state index in [-0.39, 0.29) is 0 Å². The van der Waals surface area contributed by atoms with Crippen LogP contribution in [0, 0.1) is 6.92 Å². The van der Waals surface area contributed by atoms with Gasteiger partial charge in [-0.3, -0.25) is 0 Å². The molecule has 0 bridgehead atoms. The summed E-state index contributed by atoms with van der Waals surface area (Å²) in [7, 11) is 0. The summed E-state index contributed by atoms with van der Waals surface area (Å²) in [6.45, 7) is 6.06. The molecule has 1 aromatic heterocycles. The van der Waals surface area contributed by atoms with Crippen LogP contribution in [0.25, 0.3) is 0 Å². The van der Waals surface area contributed by atoms with Crippen molar-refractivity contribution in [1.82, 2.24) is 0 Å². The third-order valence-electron chi connectivity index (χ3n) is 2.68. The molecule has 0 aliphatic carbocycles. The minimum Gasteiger partial charge on any atom is -0.464 e. The lowest BCUT2D eigenvalue weighted by atomic mass is 10.2. The second-order valence-corrected chi connectivity index (χ2v) is 4.11. The molecule has 0 aliphatic heterocycles. The summed E-state index contributed by atoms with van der Waals surface area (Å²) in [5.74, 6) is 1.79. The van der Waals surface area contributed by atoms with Gasteiger partial charge in [-0.15, -0.1) is 0 Å². The molecule has 1 heterocycles. The number of unbranched alkanes of at least 4 members (excludes halogenated alkanes) is 3. The van der Waals surface area contributed by atoms with Gasteiger partial charge in [0.2, 0.25) is 0 Å². The van der Waals surface area contributed by atoms with Gasteiger partial charge in [0, 0.05) is 18.7 Å². The van der Waals surface area contributed by atoms with Gasteiger partial charge in [-0.2, -0.15) is 0 Å². The summed E-state index contributed by atoms with van der Waals surface area (Å²) in [6.07, 6.45) is 4.94. The van der Waals surface area contributed by atoms with Gasteiger partial charge >= 0.3 is 0 Å². The van der Waals surface area contributed by atoms with Crippen molar-refractivity contribution in [2.45, 2.75) is 52.7 Å². The van der Waals surface area contributed by atoms with Crippen LogP contribution in [0.1, 0.15) is 49.7 Å². The van der Waals surface area contributed by atoms with Crippen LogP contribution in [0.3, 0.4) is 0 Å². The number of rotatable bonds is 8. The van der Waals surface area contributed by atoms with Crippen LogP contribution in [0.5, 0.6) is 0 Å². The fourth-order valence-corrected chi connectivity index (χ4v) is 1.67. The zero-order valence-corrected chi connectivity index (χ0v) is 10.4. The standard InChI is InChI=1S/C13H23NO2/c1-3-4-5-6-7-15-10-13-8-12(9-14)11(2)16-13/h8H,3-7,9-10,14H2,1-2H3. The van der Waals surface area contributed by atoms with Crippen LogP contribution in [0.2, 0.25) is 0 Å². The first kappa shape index (κ1) is 13.3. The van der Waals surface area contributed by atoms with Crippen LogP contribution >= 0.6 is 0 Å². The third kappa shape index (κ3) is 4.37. The highest BCUT2D eigenvalue weighted by Crippen LogP contribution is 2.14. The van der Waals surface area contributed by atoms with E-state index in [0.29, 0.717) is 13.2 Å². The quantitative estimate of drug-likeness (QED) is 0.691. The van der Waals surface area contributed by atoms with Gasteiger partial charge < -0.3 is 14.9 Å². The van der Waals surface area contributed by atoms with Crippen molar-refractivity contribution in [3.05, 3.63) is 23.2 Å². The lowest BCUT2D eigenvalue weighted by molar-refractivity contribution is 0.102. The number of ether oxygens (including phenoxy) is 1. The van der Waals surface area contributed by atoms with Crippen LogP contribution < -0.4 is 5.73 Å². The average molecular weight is 225 g/mol. The Morgan fingerprint density at radius 2 is 2.12 bits per heavy atom. The molecule has 0 aliphatic rings. The molecule has 3 heteroatoms. The van der Waals surface area contributed by atoms with Gasteiger partial charge in [-0.05, 0) is 19.4 Å². The number of aryl methyl sites for hydroxylation is 1. The van der Waals surface area contributed by atoms with E-state index in [9.17, 15) is 0 Å². The molecule has 0 atom stereocenters. The summed E-state index contributed by atoms with van der Waals surface area (Å²) in [5.41, 5.74) is 6.65. The third-order valence-corrected chi connectivity index (χ3v) is 2.68. The molecule has 3 nitrogen and oxygen atoms in total. The first-order valence-corrected chi connectivity index (χ1v) is 6.14. The molecule has 1 rings (SSSR count). The second-order valence-electron chi connectivity index (χ2n) is 4.11. The number of hydrogen-bond donors (Lipinski definition) is 1. The van der Waals surface area contributed by atoms with E-state index >= 15 is 0 Å². The maximum atomic E-state index is 5.57. The molecule has 0 amide bonds. The summed E-state index contributed by atoms with van der Waals surface area (Å²) >= 11 is 0. The Morgan fingerprint density at radius 3 is 2.75 bits per heavy atom. The van der Waals surface area contributed by atoms with Crippen molar-refractivity contribution in [3.8, 4) is 0 Å². The van der Waals surface area contributed by atoms with Crippen molar-refractivity contribution >= 4 is 0 Å². The molecule has 92 valence electrons. The topological polar surface area (TPSA) is 48.4 Å². The number of nitrogens with two attached hydrogens (primary N) is 1. The Labute approximate surface area is 98.0 Å². The Hall–Kier alpha value is -0.800. The zero-order chi connectivity index (χ0) is 11.8. The molecule has 0 aromatic carbocycles. The van der Waals surface area contributed by atoms with Crippen molar-refractivity contribution in [3.63, 3.8) is 0 Å². The van der Waals surface area contributed by atoms with Gasteiger partial charge in [-0.1, -0.05) is 26.2 Å². The maximum absolute atomic E-state index is 5.57. The second kappa shape index (κ2) is 7.47. The van der Waals surface area contributed by atoms with E-state index in [2.05, 4.69) is 6.92 Å². The maximum Gasteiger partial charge on any atom is 0.130 e. The van der Waals surface area contributed by atoms with E-state index in [4.69, 9.17) is 14.9 Å². The SMILES string of the molecule is CCCCCCOCc1cc(CN)c(C)o1. The number of hydrogen-bond acceptors (Lipinski definition) is 3. The van der Waals surface area contributed by atoms with Gasteiger partial charge in [0.15, 0.2) is 0 Å². The Kier molecular flexibility index (Phi) is 6.19. The molecular formula is C13H23NO2. The van der Waals surface area contributed by atoms with E-state index < -0.39 is 0 Å². The summed E-state index contributed by atoms with van der Waals surface area (Å²) < 4.78 is 11.1. The summed E-state index contributed by atoms with van der Waals surface area (Å²) in [5, 5.41) is 0. The normalized spacial score (nSPS) is 10.9. The highest BCUT2D eigenvalue weighted by Gasteiger charge is 2.05. The number of furan rings is 1. The highest BCUT2D eigenvalue weighted by molar-refractivity contribution is 5.19. The lowest BCUT2D eigenvalue weighted by Gasteiger charge is -2.01. The monoisotopic (exact) mass is 225 g/mol. The fourth-order valence-electron chi connectivity index (χ4n) is 1.67. The highest BCUT2D eigenvalue weighted by atomic mass is 16.5. The van der Waals surface area contributed by atoms with Gasteiger partial charge in [0.1, 0.15) is 18.1 Å². The molecule has 0 radical (unpaired) electrons. The van der Waals surface area contributed by atoms with Gasteiger partial charge in [0.25, 0.3) is 0 Å². The molecule has 0 saturated heterocycles. The molecule has 16 heavy (non-hydrogen) atoms. The molecule has 0 spiro atoms. The van der Waals surface area contributed by atoms with E-state index in [1.54, 1.807) is 0 Å². The van der Waals surface area contributed by atoms with E-state index in [1.807, 2.05) is 13.0 Å². The molecular weight excluding hydrogens is 202 g/mol. The summed E-state index contributed by atoms with van der Waals surface area (Å²) in [4.78, 5) is 0. The predicted octanol–water partition coefficient (Wildman–Crippen LogP) is 3.14. The van der Waals surface area contributed by atoms with Crippen molar-refractivity contribution < 1.29 is 9.15 Å². The van der Waals surface area contributed by atoms with Crippen LogP contribution in [-0.2, 0) is 17.9 Å². The Morgan fingerprint density at radius 1 is 1.31 bits per heavy atom. The molecule has 0 fully saturated rings. The first-order valence-electron chi connectivity index (χ1n) is 6.14. The van der Waals surface area contributed by atoms with Crippen LogP contribution in [0.4, 0.5) is 0 Å². The van der Waals surface area contributed by atoms with E-state index in [1.165, 1.54) is 19.3 Å². The molecule has 0 saturated carbocycles. The van der Waals surface area contributed by atoms with Crippen LogP contribution in [0.15, 0.2) is 10.5 Å². The lowest BCUT2D eigenvalue weighted by Crippen LogP contribution is -1.96.